The number of hydrogen-bond donors (Lipinski definition) is 4. The van der Waals surface area contributed by atoms with Crippen LogP contribution < -0.4 is 20.3 Å². The third kappa shape index (κ3) is 6.91. The summed E-state index contributed by atoms with van der Waals surface area (Å²) in [6.07, 6.45) is -2.10. The van der Waals surface area contributed by atoms with Crippen molar-refractivity contribution in [1.82, 2.24) is 5.32 Å². The fraction of sp³-hybridized carbons (Fsp3) is 0.519. The Bertz CT molecular complexity index is 1280. The summed E-state index contributed by atoms with van der Waals surface area (Å²) in [4.78, 5) is 33.7. The number of rotatable bonds is 9. The molecule has 13 heteroatoms. The minimum Gasteiger partial charge on any atom is -0.496 e. The first-order chi connectivity index (χ1) is 18.9. The normalized spacial score (nSPS) is 24.4. The number of fused-ring (bicyclic) bond motifs is 1. The van der Waals surface area contributed by atoms with Crippen molar-refractivity contribution < 1.29 is 41.6 Å². The van der Waals surface area contributed by atoms with Gasteiger partial charge in [0.2, 0.25) is 0 Å². The smallest absolute Gasteiger partial charge is 0.469 e. The van der Waals surface area contributed by atoms with Gasteiger partial charge in [0.05, 0.1) is 24.3 Å². The van der Waals surface area contributed by atoms with Gasteiger partial charge in [-0.1, -0.05) is 6.07 Å². The summed E-state index contributed by atoms with van der Waals surface area (Å²) in [7, 11) is -3.38. The van der Waals surface area contributed by atoms with Crippen molar-refractivity contribution in [2.45, 2.75) is 57.0 Å². The summed E-state index contributed by atoms with van der Waals surface area (Å²) in [5, 5.41) is 6.18. The summed E-state index contributed by atoms with van der Waals surface area (Å²) < 4.78 is 61.4. The first kappa shape index (κ1) is 28.7. The van der Waals surface area contributed by atoms with Crippen molar-refractivity contribution in [2.75, 3.05) is 30.4 Å². The van der Waals surface area contributed by atoms with Crippen LogP contribution in [-0.2, 0) is 21.8 Å². The number of nitrogens with one attached hydrogen (secondary N) is 2. The first-order valence-corrected chi connectivity index (χ1v) is 14.8. The second-order valence-electron chi connectivity index (χ2n) is 10.8. The molecule has 4 N–H and O–H groups in total. The molecule has 3 fully saturated rings. The second-order valence-corrected chi connectivity index (χ2v) is 12.0. The molecule has 0 bridgehead atoms. The third-order valence-electron chi connectivity index (χ3n) is 7.94. The summed E-state index contributed by atoms with van der Waals surface area (Å²) in [5.41, 5.74) is 1.35. The average Bonchev–Trinajstić information content (AvgIpc) is 3.51. The van der Waals surface area contributed by atoms with Gasteiger partial charge in [0, 0.05) is 37.1 Å². The van der Waals surface area contributed by atoms with Crippen LogP contribution in [0.25, 0.3) is 0 Å². The number of halogens is 3. The molecule has 1 heterocycles. The molecule has 3 aliphatic rings. The first-order valence-electron chi connectivity index (χ1n) is 13.3. The molecule has 2 aliphatic carbocycles. The van der Waals surface area contributed by atoms with Crippen LogP contribution in [0.15, 0.2) is 36.4 Å². The highest BCUT2D eigenvalue weighted by atomic mass is 31.2. The number of phosphoric acid groups is 1. The Morgan fingerprint density at radius 2 is 1.77 bits per heavy atom. The van der Waals surface area contributed by atoms with Gasteiger partial charge in [-0.05, 0) is 79.8 Å². The quantitative estimate of drug-likeness (QED) is 0.307. The van der Waals surface area contributed by atoms with Crippen LogP contribution in [0.1, 0.15) is 53.6 Å². The number of carbonyl (C=O) groups is 1. The van der Waals surface area contributed by atoms with Gasteiger partial charge < -0.3 is 30.1 Å². The van der Waals surface area contributed by atoms with Crippen LogP contribution in [-0.4, -0.2) is 48.0 Å². The molecule has 2 atom stereocenters. The molecule has 40 heavy (non-hydrogen) atoms. The Morgan fingerprint density at radius 3 is 2.40 bits per heavy atom. The minimum atomic E-state index is -4.57. The number of amides is 1. The summed E-state index contributed by atoms with van der Waals surface area (Å²) in [6.45, 7) is 1.96. The van der Waals surface area contributed by atoms with E-state index in [1.54, 1.807) is 12.1 Å². The Balaban J connectivity index is 1.31. The van der Waals surface area contributed by atoms with Gasteiger partial charge in [0.15, 0.2) is 0 Å². The van der Waals surface area contributed by atoms with E-state index >= 15 is 0 Å². The number of benzene rings is 2. The zero-order valence-electron chi connectivity index (χ0n) is 22.0. The van der Waals surface area contributed by atoms with Gasteiger partial charge in [0.25, 0.3) is 5.91 Å². The number of phosphoric ester groups is 1. The van der Waals surface area contributed by atoms with E-state index < -0.39 is 25.7 Å². The zero-order chi connectivity index (χ0) is 28.7. The lowest BCUT2D eigenvalue weighted by Crippen LogP contribution is -2.39. The van der Waals surface area contributed by atoms with E-state index in [4.69, 9.17) is 19.0 Å². The van der Waals surface area contributed by atoms with Crippen molar-refractivity contribution in [1.29, 1.82) is 0 Å². The van der Waals surface area contributed by atoms with Gasteiger partial charge in [-0.2, -0.15) is 13.2 Å². The topological polar surface area (TPSA) is 120 Å². The molecule has 2 saturated carbocycles. The number of ether oxygens (including phenoxy) is 1. The molecule has 1 saturated heterocycles. The molecule has 5 rings (SSSR count). The highest BCUT2D eigenvalue weighted by Gasteiger charge is 2.45. The molecule has 1 amide bonds. The van der Waals surface area contributed by atoms with Crippen molar-refractivity contribution in [3.63, 3.8) is 0 Å². The Hall–Kier alpha value is -2.79. The molecular weight excluding hydrogens is 550 g/mol. The Kier molecular flexibility index (Phi) is 8.07. The maximum absolute atomic E-state index is 13.5. The molecule has 0 aromatic heterocycles. The molecule has 2 aromatic rings. The Labute approximate surface area is 230 Å². The lowest BCUT2D eigenvalue weighted by Gasteiger charge is -2.29. The number of alkyl halides is 3. The van der Waals surface area contributed by atoms with E-state index in [1.807, 2.05) is 12.1 Å². The zero-order valence-corrected chi connectivity index (χ0v) is 22.9. The van der Waals surface area contributed by atoms with E-state index in [9.17, 15) is 22.5 Å². The third-order valence-corrected chi connectivity index (χ3v) is 8.51. The molecule has 218 valence electrons. The molecule has 2 unspecified atom stereocenters. The predicted octanol–water partition coefficient (Wildman–Crippen LogP) is 4.93. The number of piperidine rings is 1. The molecule has 1 aliphatic heterocycles. The van der Waals surface area contributed by atoms with E-state index in [-0.39, 0.29) is 24.2 Å². The van der Waals surface area contributed by atoms with Crippen LogP contribution in [0.3, 0.4) is 0 Å². The van der Waals surface area contributed by atoms with Crippen molar-refractivity contribution >= 4 is 25.1 Å². The Morgan fingerprint density at radius 1 is 1.07 bits per heavy atom. The molecule has 2 aromatic carbocycles. The lowest BCUT2D eigenvalue weighted by atomic mass is 9.93. The number of anilines is 2. The number of nitrogens with zero attached hydrogens (tertiary/aromatic N) is 1. The highest BCUT2D eigenvalue weighted by Crippen LogP contribution is 2.47. The number of methoxy groups -OCH3 is 1. The second kappa shape index (κ2) is 11.2. The summed E-state index contributed by atoms with van der Waals surface area (Å²) >= 11 is 0. The summed E-state index contributed by atoms with van der Waals surface area (Å²) in [6, 6.07) is 9.18. The predicted molar refractivity (Wildman–Crippen MR) is 142 cm³/mol. The molecular formula is C27H33F3N3O6P. The molecule has 0 radical (unpaired) electrons. The maximum Gasteiger partial charge on any atom is 0.469 e. The van der Waals surface area contributed by atoms with Crippen LogP contribution >= 0.6 is 7.82 Å². The fourth-order valence-electron chi connectivity index (χ4n) is 5.74. The van der Waals surface area contributed by atoms with Crippen LogP contribution in [0.5, 0.6) is 5.75 Å². The molecule has 9 nitrogen and oxygen atoms in total. The lowest BCUT2D eigenvalue weighted by molar-refractivity contribution is -0.138. The summed E-state index contributed by atoms with van der Waals surface area (Å²) in [5.74, 6) is 0.809. The van der Waals surface area contributed by atoms with E-state index in [0.29, 0.717) is 54.3 Å². The van der Waals surface area contributed by atoms with E-state index in [1.165, 1.54) is 19.6 Å². The minimum absolute atomic E-state index is 0.0624. The maximum atomic E-state index is 13.5. The van der Waals surface area contributed by atoms with Crippen molar-refractivity contribution in [3.8, 4) is 5.75 Å². The highest BCUT2D eigenvalue weighted by molar-refractivity contribution is 7.46. The van der Waals surface area contributed by atoms with Gasteiger partial charge in [-0.15, -0.1) is 0 Å². The van der Waals surface area contributed by atoms with E-state index in [2.05, 4.69) is 15.5 Å². The SMILES string of the molecule is COc1ccc(CNc2cc(N3CC4CC4C3)ccc2C(=O)NC2CCC(OP(=O)(O)O)CC2)cc1C(F)(F)F. The van der Waals surface area contributed by atoms with Gasteiger partial charge in [-0.25, -0.2) is 4.57 Å². The van der Waals surface area contributed by atoms with Crippen LogP contribution in [0.4, 0.5) is 24.5 Å². The van der Waals surface area contributed by atoms with E-state index in [0.717, 1.165) is 24.8 Å². The number of hydrogen-bond acceptors (Lipinski definition) is 6. The van der Waals surface area contributed by atoms with Crippen LogP contribution in [0.2, 0.25) is 0 Å². The van der Waals surface area contributed by atoms with Gasteiger partial charge in [-0.3, -0.25) is 9.32 Å². The monoisotopic (exact) mass is 583 g/mol. The standard InChI is InChI=1S/C27H33F3N3O6P/c1-38-25-9-2-16(10-23(25)27(28,29)30)13-31-24-12-20(33-14-17-11-18(17)15-33)5-8-22(24)26(34)32-19-3-6-21(7-4-19)39-40(35,36)37/h2,5,8-10,12,17-19,21,31H,3-4,6-7,11,13-15H2,1H3,(H,32,34)(H2,35,36,37). The largest absolute Gasteiger partial charge is 0.496 e. The van der Waals surface area contributed by atoms with Gasteiger partial charge >= 0.3 is 14.0 Å². The van der Waals surface area contributed by atoms with Crippen molar-refractivity contribution in [2.24, 2.45) is 11.8 Å². The number of carbonyl (C=O) groups excluding carboxylic acids is 1. The van der Waals surface area contributed by atoms with Crippen LogP contribution in [0, 0.1) is 11.8 Å². The fourth-order valence-corrected chi connectivity index (χ4v) is 6.34. The average molecular weight is 584 g/mol. The molecule has 0 spiro atoms. The van der Waals surface area contributed by atoms with Gasteiger partial charge in [0.1, 0.15) is 5.75 Å². The van der Waals surface area contributed by atoms with Crippen molar-refractivity contribution in [3.05, 3.63) is 53.1 Å².